The summed E-state index contributed by atoms with van der Waals surface area (Å²) in [6, 6.07) is 8.73. The highest BCUT2D eigenvalue weighted by Crippen LogP contribution is 2.18. The van der Waals surface area contributed by atoms with Crippen LogP contribution in [0.4, 0.5) is 8.78 Å². The minimum atomic E-state index is -4.34. The minimum absolute atomic E-state index is 0.183. The van der Waals surface area contributed by atoms with Gasteiger partial charge in [0.05, 0.1) is 12.7 Å². The van der Waals surface area contributed by atoms with Crippen LogP contribution in [0.1, 0.15) is 15.9 Å². The maximum Gasteiger partial charge on any atom is 0.337 e. The second kappa shape index (κ2) is 6.84. The van der Waals surface area contributed by atoms with Crippen molar-refractivity contribution >= 4 is 16.0 Å². The highest BCUT2D eigenvalue weighted by molar-refractivity contribution is 7.89. The molecule has 8 heteroatoms. The standard InChI is InChI=1S/C15H13F2NO4S/c1-22-15(19)11-7-5-10(6-8-11)9-18-23(20,21)14-12(16)3-2-4-13(14)17/h2-8,18H,9H2,1H3. The van der Waals surface area contributed by atoms with E-state index in [9.17, 15) is 22.0 Å². The van der Waals surface area contributed by atoms with E-state index in [4.69, 9.17) is 0 Å². The van der Waals surface area contributed by atoms with Crippen molar-refractivity contribution in [3.8, 4) is 0 Å². The molecule has 0 bridgehead atoms. The smallest absolute Gasteiger partial charge is 0.337 e. The van der Waals surface area contributed by atoms with Crippen molar-refractivity contribution in [1.82, 2.24) is 4.72 Å². The first-order valence-corrected chi connectivity index (χ1v) is 7.94. The molecule has 0 saturated carbocycles. The van der Waals surface area contributed by atoms with Gasteiger partial charge in [0.15, 0.2) is 4.90 Å². The summed E-state index contributed by atoms with van der Waals surface area (Å²) in [4.78, 5) is 10.3. The summed E-state index contributed by atoms with van der Waals surface area (Å²) in [7, 11) is -3.10. The van der Waals surface area contributed by atoms with Crippen molar-refractivity contribution in [2.75, 3.05) is 7.11 Å². The van der Waals surface area contributed by atoms with Gasteiger partial charge in [-0.2, -0.15) is 0 Å². The van der Waals surface area contributed by atoms with Crippen molar-refractivity contribution in [3.05, 3.63) is 65.2 Å². The predicted molar refractivity (Wildman–Crippen MR) is 78.2 cm³/mol. The van der Waals surface area contributed by atoms with Crippen LogP contribution in [0.15, 0.2) is 47.4 Å². The SMILES string of the molecule is COC(=O)c1ccc(CNS(=O)(=O)c2c(F)cccc2F)cc1. The second-order valence-corrected chi connectivity index (χ2v) is 6.27. The lowest BCUT2D eigenvalue weighted by molar-refractivity contribution is 0.0600. The zero-order valence-electron chi connectivity index (χ0n) is 12.0. The van der Waals surface area contributed by atoms with E-state index >= 15 is 0 Å². The first kappa shape index (κ1) is 17.0. The summed E-state index contributed by atoms with van der Waals surface area (Å²) >= 11 is 0. The Morgan fingerprint density at radius 1 is 1.09 bits per heavy atom. The number of benzene rings is 2. The van der Waals surface area contributed by atoms with Gasteiger partial charge in [0, 0.05) is 6.54 Å². The Morgan fingerprint density at radius 3 is 2.17 bits per heavy atom. The summed E-state index contributed by atoms with van der Waals surface area (Å²) in [5.74, 6) is -2.86. The van der Waals surface area contributed by atoms with Gasteiger partial charge in [0.25, 0.3) is 0 Å². The quantitative estimate of drug-likeness (QED) is 0.847. The highest BCUT2D eigenvalue weighted by atomic mass is 32.2. The van der Waals surface area contributed by atoms with Crippen LogP contribution < -0.4 is 4.72 Å². The van der Waals surface area contributed by atoms with Crippen LogP contribution in [0.25, 0.3) is 0 Å². The average Bonchev–Trinajstić information content (AvgIpc) is 2.52. The zero-order valence-corrected chi connectivity index (χ0v) is 12.9. The average molecular weight is 341 g/mol. The maximum atomic E-state index is 13.5. The van der Waals surface area contributed by atoms with Crippen LogP contribution in [-0.2, 0) is 21.3 Å². The number of halogens is 2. The molecule has 0 heterocycles. The van der Waals surface area contributed by atoms with Gasteiger partial charge in [-0.3, -0.25) is 0 Å². The Morgan fingerprint density at radius 2 is 1.65 bits per heavy atom. The van der Waals surface area contributed by atoms with Gasteiger partial charge in [-0.25, -0.2) is 26.7 Å². The lowest BCUT2D eigenvalue weighted by atomic mass is 10.1. The van der Waals surface area contributed by atoms with E-state index in [1.165, 1.54) is 31.4 Å². The Hall–Kier alpha value is -2.32. The van der Waals surface area contributed by atoms with Gasteiger partial charge < -0.3 is 4.74 Å². The molecule has 23 heavy (non-hydrogen) atoms. The van der Waals surface area contributed by atoms with E-state index in [0.29, 0.717) is 11.1 Å². The van der Waals surface area contributed by atoms with E-state index in [-0.39, 0.29) is 6.54 Å². The van der Waals surface area contributed by atoms with Crippen molar-refractivity contribution in [2.45, 2.75) is 11.4 Å². The Kier molecular flexibility index (Phi) is 5.07. The number of carbonyl (C=O) groups excluding carboxylic acids is 1. The number of carbonyl (C=O) groups is 1. The van der Waals surface area contributed by atoms with Crippen LogP contribution in [0, 0.1) is 11.6 Å². The molecule has 0 fully saturated rings. The van der Waals surface area contributed by atoms with Crippen LogP contribution in [0.3, 0.4) is 0 Å². The molecule has 1 N–H and O–H groups in total. The fourth-order valence-electron chi connectivity index (χ4n) is 1.87. The molecule has 5 nitrogen and oxygen atoms in total. The molecule has 0 radical (unpaired) electrons. The van der Waals surface area contributed by atoms with E-state index in [0.717, 1.165) is 18.2 Å². The number of methoxy groups -OCH3 is 1. The van der Waals surface area contributed by atoms with E-state index < -0.39 is 32.5 Å². The maximum absolute atomic E-state index is 13.5. The monoisotopic (exact) mass is 341 g/mol. The molecule has 0 unspecified atom stereocenters. The topological polar surface area (TPSA) is 72.5 Å². The normalized spacial score (nSPS) is 11.3. The number of esters is 1. The van der Waals surface area contributed by atoms with Crippen molar-refractivity contribution in [1.29, 1.82) is 0 Å². The molecular formula is C15H13F2NO4S. The largest absolute Gasteiger partial charge is 0.465 e. The molecule has 0 aliphatic heterocycles. The van der Waals surface area contributed by atoms with Crippen LogP contribution >= 0.6 is 0 Å². The van der Waals surface area contributed by atoms with Gasteiger partial charge >= 0.3 is 5.97 Å². The molecule has 122 valence electrons. The zero-order chi connectivity index (χ0) is 17.0. The number of sulfonamides is 1. The Balaban J connectivity index is 2.15. The first-order valence-electron chi connectivity index (χ1n) is 6.46. The molecule has 0 amide bonds. The second-order valence-electron chi connectivity index (χ2n) is 4.56. The molecular weight excluding hydrogens is 328 g/mol. The molecule has 0 saturated heterocycles. The predicted octanol–water partition coefficient (Wildman–Crippen LogP) is 2.23. The van der Waals surface area contributed by atoms with Crippen molar-refractivity contribution in [3.63, 3.8) is 0 Å². The Labute approximate surface area is 132 Å². The summed E-state index contributed by atoms with van der Waals surface area (Å²) in [5, 5.41) is 0. The fraction of sp³-hybridized carbons (Fsp3) is 0.133. The van der Waals surface area contributed by atoms with E-state index in [2.05, 4.69) is 9.46 Å². The molecule has 0 aliphatic carbocycles. The molecule has 2 rings (SSSR count). The van der Waals surface area contributed by atoms with Gasteiger partial charge in [-0.05, 0) is 29.8 Å². The molecule has 2 aromatic carbocycles. The summed E-state index contributed by atoms with van der Waals surface area (Å²) in [5.41, 5.74) is 0.817. The number of hydrogen-bond acceptors (Lipinski definition) is 4. The third-order valence-corrected chi connectivity index (χ3v) is 4.48. The van der Waals surface area contributed by atoms with Gasteiger partial charge in [0.2, 0.25) is 10.0 Å². The number of hydrogen-bond donors (Lipinski definition) is 1. The Bertz CT molecular complexity index is 800. The molecule has 0 atom stereocenters. The highest BCUT2D eigenvalue weighted by Gasteiger charge is 2.23. The molecule has 2 aromatic rings. The number of ether oxygens (including phenoxy) is 1. The fourth-order valence-corrected chi connectivity index (χ4v) is 3.02. The van der Waals surface area contributed by atoms with Gasteiger partial charge in [-0.15, -0.1) is 0 Å². The first-order chi connectivity index (χ1) is 10.8. The molecule has 0 spiro atoms. The van der Waals surface area contributed by atoms with E-state index in [1.807, 2.05) is 0 Å². The summed E-state index contributed by atoms with van der Waals surface area (Å²) in [6.07, 6.45) is 0. The number of nitrogens with one attached hydrogen (secondary N) is 1. The summed E-state index contributed by atoms with van der Waals surface area (Å²) in [6.45, 7) is -0.183. The van der Waals surface area contributed by atoms with Crippen molar-refractivity contribution in [2.24, 2.45) is 0 Å². The third kappa shape index (κ3) is 3.91. The van der Waals surface area contributed by atoms with Gasteiger partial charge in [0.1, 0.15) is 11.6 Å². The third-order valence-electron chi connectivity index (χ3n) is 3.03. The van der Waals surface area contributed by atoms with Crippen LogP contribution in [-0.4, -0.2) is 21.5 Å². The van der Waals surface area contributed by atoms with E-state index in [1.54, 1.807) is 0 Å². The lowest BCUT2D eigenvalue weighted by Crippen LogP contribution is -2.25. The number of rotatable bonds is 5. The summed E-state index contributed by atoms with van der Waals surface area (Å²) < 4.78 is 57.7. The van der Waals surface area contributed by atoms with Crippen molar-refractivity contribution < 1.29 is 26.7 Å². The van der Waals surface area contributed by atoms with Crippen LogP contribution in [0.5, 0.6) is 0 Å². The van der Waals surface area contributed by atoms with Crippen LogP contribution in [0.2, 0.25) is 0 Å². The van der Waals surface area contributed by atoms with Gasteiger partial charge in [-0.1, -0.05) is 18.2 Å². The molecule has 0 aliphatic rings. The molecule has 0 aromatic heterocycles. The minimum Gasteiger partial charge on any atom is -0.465 e. The lowest BCUT2D eigenvalue weighted by Gasteiger charge is -2.09.